The number of halogens is 3. The van der Waals surface area contributed by atoms with E-state index in [0.717, 1.165) is 6.92 Å². The highest BCUT2D eigenvalue weighted by Gasteiger charge is 2.69. The average Bonchev–Trinajstić information content (AvgIpc) is 2.32. The molecule has 0 saturated heterocycles. The Bertz CT molecular complexity index is 565. The van der Waals surface area contributed by atoms with Crippen molar-refractivity contribution < 1.29 is 18.0 Å². The van der Waals surface area contributed by atoms with Crippen LogP contribution in [-0.4, -0.2) is 22.2 Å². The molecule has 114 valence electrons. The van der Waals surface area contributed by atoms with Crippen LogP contribution in [0.2, 0.25) is 0 Å². The molecule has 4 nitrogen and oxygen atoms in total. The normalized spacial score (nSPS) is 30.1. The Morgan fingerprint density at radius 1 is 1.43 bits per heavy atom. The van der Waals surface area contributed by atoms with E-state index in [2.05, 4.69) is 15.6 Å². The molecule has 0 unspecified atom stereocenters. The van der Waals surface area contributed by atoms with Crippen LogP contribution in [-0.2, 0) is 12.5 Å². The molecule has 3 fully saturated rings. The van der Waals surface area contributed by atoms with Crippen LogP contribution in [0, 0.1) is 0 Å². The summed E-state index contributed by atoms with van der Waals surface area (Å²) in [6.45, 7) is 0.892. The molecule has 1 aromatic rings. The van der Waals surface area contributed by atoms with Crippen molar-refractivity contribution in [2.75, 3.05) is 0 Å². The summed E-state index contributed by atoms with van der Waals surface area (Å²) in [6, 6.07) is 2.42. The predicted molar refractivity (Wildman–Crippen MR) is 69.6 cm³/mol. The topological polar surface area (TPSA) is 54.0 Å². The van der Waals surface area contributed by atoms with E-state index < -0.39 is 23.2 Å². The first-order chi connectivity index (χ1) is 9.70. The number of hydrogen-bond donors (Lipinski definition) is 2. The van der Waals surface area contributed by atoms with Gasteiger partial charge >= 0.3 is 6.03 Å². The van der Waals surface area contributed by atoms with Gasteiger partial charge in [0.25, 0.3) is 5.92 Å². The van der Waals surface area contributed by atoms with Gasteiger partial charge < -0.3 is 10.6 Å². The van der Waals surface area contributed by atoms with Gasteiger partial charge in [0.15, 0.2) is 0 Å². The van der Waals surface area contributed by atoms with Crippen molar-refractivity contribution in [3.05, 3.63) is 29.6 Å². The minimum absolute atomic E-state index is 0.119. The molecular formula is C14H16F3N3O. The van der Waals surface area contributed by atoms with Crippen molar-refractivity contribution in [1.29, 1.82) is 0 Å². The molecule has 2 bridgehead atoms. The quantitative estimate of drug-likeness (QED) is 0.898. The van der Waals surface area contributed by atoms with E-state index in [4.69, 9.17) is 0 Å². The third kappa shape index (κ3) is 2.69. The molecule has 0 spiro atoms. The number of nitrogens with zero attached hydrogens (tertiary/aromatic N) is 1. The van der Waals surface area contributed by atoms with Gasteiger partial charge in [-0.1, -0.05) is 0 Å². The highest BCUT2D eigenvalue weighted by Crippen LogP contribution is 2.62. The first-order valence-electron chi connectivity index (χ1n) is 6.78. The molecule has 3 aliphatic carbocycles. The Kier molecular flexibility index (Phi) is 2.93. The zero-order valence-electron chi connectivity index (χ0n) is 11.5. The van der Waals surface area contributed by atoms with Crippen LogP contribution in [0.15, 0.2) is 18.3 Å². The van der Waals surface area contributed by atoms with Gasteiger partial charge in [-0.05, 0) is 17.7 Å². The molecule has 2 N–H and O–H groups in total. The van der Waals surface area contributed by atoms with E-state index in [9.17, 15) is 18.0 Å². The molecule has 3 saturated carbocycles. The van der Waals surface area contributed by atoms with Crippen LogP contribution in [0.4, 0.5) is 18.0 Å². The van der Waals surface area contributed by atoms with Crippen molar-refractivity contribution in [2.45, 2.75) is 49.9 Å². The van der Waals surface area contributed by atoms with Gasteiger partial charge in [-0.15, -0.1) is 0 Å². The maximum atomic E-state index is 13.3. The Morgan fingerprint density at radius 3 is 2.67 bits per heavy atom. The van der Waals surface area contributed by atoms with E-state index in [1.54, 1.807) is 6.07 Å². The van der Waals surface area contributed by atoms with Gasteiger partial charge in [-0.25, -0.2) is 9.18 Å². The number of amides is 2. The molecule has 1 aromatic heterocycles. The SMILES string of the molecule is CC(F)(F)c1cc(CNC(=O)NC23CC(F)(C2)C3)ccn1. The number of pyridine rings is 1. The van der Waals surface area contributed by atoms with E-state index in [0.29, 0.717) is 24.8 Å². The summed E-state index contributed by atoms with van der Waals surface area (Å²) in [5.41, 5.74) is -1.25. The maximum absolute atomic E-state index is 13.3. The highest BCUT2D eigenvalue weighted by atomic mass is 19.3. The van der Waals surface area contributed by atoms with Crippen molar-refractivity contribution >= 4 is 6.03 Å². The van der Waals surface area contributed by atoms with Gasteiger partial charge in [-0.3, -0.25) is 4.98 Å². The fourth-order valence-corrected chi connectivity index (χ4v) is 3.09. The minimum Gasteiger partial charge on any atom is -0.334 e. The Labute approximate surface area is 120 Å². The number of alkyl halides is 3. The maximum Gasteiger partial charge on any atom is 0.315 e. The fourth-order valence-electron chi connectivity index (χ4n) is 3.09. The minimum atomic E-state index is -3.01. The summed E-state index contributed by atoms with van der Waals surface area (Å²) in [5.74, 6) is -3.01. The van der Waals surface area contributed by atoms with E-state index in [1.807, 2.05) is 0 Å². The first-order valence-corrected chi connectivity index (χ1v) is 6.78. The summed E-state index contributed by atoms with van der Waals surface area (Å²) in [6.07, 6.45) is 2.40. The Balaban J connectivity index is 1.52. The molecule has 1 heterocycles. The highest BCUT2D eigenvalue weighted by molar-refractivity contribution is 5.75. The van der Waals surface area contributed by atoms with Crippen molar-refractivity contribution in [1.82, 2.24) is 15.6 Å². The van der Waals surface area contributed by atoms with E-state index >= 15 is 0 Å². The zero-order valence-corrected chi connectivity index (χ0v) is 11.5. The smallest absolute Gasteiger partial charge is 0.315 e. The summed E-state index contributed by atoms with van der Waals surface area (Å²) < 4.78 is 39.6. The molecule has 2 amide bonds. The second kappa shape index (κ2) is 4.35. The standard InChI is InChI=1S/C14H16F3N3O/c1-12(15,16)10-4-9(2-3-18-10)5-19-11(21)20-14-6-13(17,7-14)8-14/h2-4H,5-8H2,1H3,(H2,19,20,21). The first kappa shape index (κ1) is 14.2. The number of aromatic nitrogens is 1. The molecular weight excluding hydrogens is 283 g/mol. The van der Waals surface area contributed by atoms with Crippen LogP contribution >= 0.6 is 0 Å². The van der Waals surface area contributed by atoms with Gasteiger partial charge in [0.05, 0.1) is 5.54 Å². The number of nitrogens with one attached hydrogen (secondary N) is 2. The number of carbonyl (C=O) groups is 1. The van der Waals surface area contributed by atoms with Gasteiger partial charge in [0.1, 0.15) is 11.4 Å². The van der Waals surface area contributed by atoms with Gasteiger partial charge in [0, 0.05) is 38.9 Å². The second-order valence-corrected chi connectivity index (χ2v) is 6.21. The van der Waals surface area contributed by atoms with Crippen molar-refractivity contribution in [3.63, 3.8) is 0 Å². The van der Waals surface area contributed by atoms with Crippen molar-refractivity contribution in [2.24, 2.45) is 0 Å². The van der Waals surface area contributed by atoms with Crippen LogP contribution in [0.5, 0.6) is 0 Å². The molecule has 4 rings (SSSR count). The molecule has 0 atom stereocenters. The molecule has 3 aliphatic rings. The van der Waals surface area contributed by atoms with Gasteiger partial charge in [-0.2, -0.15) is 8.78 Å². The molecule has 0 radical (unpaired) electrons. The third-order valence-corrected chi connectivity index (χ3v) is 4.07. The number of carbonyl (C=O) groups excluding carboxylic acids is 1. The van der Waals surface area contributed by atoms with E-state index in [-0.39, 0.29) is 12.2 Å². The number of rotatable bonds is 4. The second-order valence-electron chi connectivity index (χ2n) is 6.21. The Hall–Kier alpha value is -1.79. The lowest BCUT2D eigenvalue weighted by Gasteiger charge is -2.65. The predicted octanol–water partition coefficient (Wildman–Crippen LogP) is 2.64. The lowest BCUT2D eigenvalue weighted by atomic mass is 9.47. The molecule has 0 aromatic carbocycles. The summed E-state index contributed by atoms with van der Waals surface area (Å²) in [5, 5.41) is 5.34. The lowest BCUT2D eigenvalue weighted by molar-refractivity contribution is -0.162. The molecule has 0 aliphatic heterocycles. The summed E-state index contributed by atoms with van der Waals surface area (Å²) >= 11 is 0. The van der Waals surface area contributed by atoms with Crippen LogP contribution < -0.4 is 10.6 Å². The average molecular weight is 299 g/mol. The van der Waals surface area contributed by atoms with Crippen LogP contribution in [0.25, 0.3) is 0 Å². The largest absolute Gasteiger partial charge is 0.334 e. The molecule has 7 heteroatoms. The van der Waals surface area contributed by atoms with Crippen LogP contribution in [0.3, 0.4) is 0 Å². The third-order valence-electron chi connectivity index (χ3n) is 4.07. The van der Waals surface area contributed by atoms with Crippen LogP contribution in [0.1, 0.15) is 37.4 Å². The number of hydrogen-bond acceptors (Lipinski definition) is 2. The lowest BCUT2D eigenvalue weighted by Crippen LogP contribution is -2.77. The van der Waals surface area contributed by atoms with Gasteiger partial charge in [0.2, 0.25) is 0 Å². The fraction of sp³-hybridized carbons (Fsp3) is 0.571. The Morgan fingerprint density at radius 2 is 2.10 bits per heavy atom. The summed E-state index contributed by atoms with van der Waals surface area (Å²) in [7, 11) is 0. The zero-order chi connectivity index (χ0) is 15.3. The number of urea groups is 1. The summed E-state index contributed by atoms with van der Waals surface area (Å²) in [4.78, 5) is 15.3. The van der Waals surface area contributed by atoms with E-state index in [1.165, 1.54) is 12.3 Å². The monoisotopic (exact) mass is 299 g/mol. The van der Waals surface area contributed by atoms with Crippen molar-refractivity contribution in [3.8, 4) is 0 Å². The molecule has 21 heavy (non-hydrogen) atoms.